The highest BCUT2D eigenvalue weighted by molar-refractivity contribution is 7.24. The molecule has 0 spiro atoms. The van der Waals surface area contributed by atoms with Gasteiger partial charge in [0.15, 0.2) is 10.7 Å². The summed E-state index contributed by atoms with van der Waals surface area (Å²) in [6, 6.07) is 9.02. The van der Waals surface area contributed by atoms with Gasteiger partial charge in [0.2, 0.25) is 0 Å². The standard InChI is InChI=1S/C32H36F2N4O3S/c33-22-10-14-37(15-11-22)13-2-12-35-31(39)24-8-9-27-30(29(24)41-19-20-4-5-20)42-32-36-26(18-38(27)32)23-7-6-21(17-25(23)34)28-3-1-16-40-28/h6-9,17-18,20,22,28H,1-5,10-16,19H2,(H,35,39)/t28-/m1/s1. The molecule has 10 heteroatoms. The number of amides is 1. The Kier molecular flexibility index (Phi) is 7.85. The lowest BCUT2D eigenvalue weighted by Gasteiger charge is -2.28. The number of ether oxygens (including phenoxy) is 2. The molecule has 2 aromatic carbocycles. The zero-order valence-electron chi connectivity index (χ0n) is 23.6. The van der Waals surface area contributed by atoms with Crippen LogP contribution in [0.5, 0.6) is 5.75 Å². The van der Waals surface area contributed by atoms with E-state index in [0.717, 1.165) is 74.1 Å². The van der Waals surface area contributed by atoms with E-state index in [1.54, 1.807) is 12.1 Å². The van der Waals surface area contributed by atoms with Gasteiger partial charge in [-0.15, -0.1) is 0 Å². The third kappa shape index (κ3) is 5.76. The third-order valence-electron chi connectivity index (χ3n) is 8.65. The van der Waals surface area contributed by atoms with Gasteiger partial charge >= 0.3 is 0 Å². The van der Waals surface area contributed by atoms with E-state index in [9.17, 15) is 9.18 Å². The summed E-state index contributed by atoms with van der Waals surface area (Å²) in [6.45, 7) is 4.25. The molecule has 7 nitrogen and oxygen atoms in total. The van der Waals surface area contributed by atoms with Crippen molar-refractivity contribution >= 4 is 32.4 Å². The molecule has 0 unspecified atom stereocenters. The second-order valence-electron chi connectivity index (χ2n) is 11.8. The van der Waals surface area contributed by atoms with Crippen LogP contribution in [-0.2, 0) is 4.74 Å². The number of imidazole rings is 1. The SMILES string of the molecule is O=C(NCCCN1CCC(F)CC1)c1ccc2c(sc3nc(-c4ccc([C@H]5CCCO5)cc4F)cn32)c1OCC1CC1. The molecule has 4 aromatic rings. The van der Waals surface area contributed by atoms with Crippen molar-refractivity contribution in [2.45, 2.75) is 57.2 Å². The maximum absolute atomic E-state index is 15.2. The Hall–Kier alpha value is -3.08. The first-order valence-electron chi connectivity index (χ1n) is 15.2. The summed E-state index contributed by atoms with van der Waals surface area (Å²) in [6.07, 6.45) is 7.33. The molecule has 2 aliphatic heterocycles. The molecule has 3 fully saturated rings. The van der Waals surface area contributed by atoms with Crippen LogP contribution in [0, 0.1) is 11.7 Å². The summed E-state index contributed by atoms with van der Waals surface area (Å²) in [5, 5.41) is 3.06. The van der Waals surface area contributed by atoms with E-state index in [1.165, 1.54) is 11.3 Å². The molecule has 7 rings (SSSR count). The van der Waals surface area contributed by atoms with E-state index in [1.807, 2.05) is 28.8 Å². The van der Waals surface area contributed by atoms with Gasteiger partial charge in [-0.2, -0.15) is 0 Å². The number of benzene rings is 2. The number of aromatic nitrogens is 2. The Morgan fingerprint density at radius 2 is 2.00 bits per heavy atom. The van der Waals surface area contributed by atoms with Crippen LogP contribution in [-0.4, -0.2) is 65.8 Å². The Bertz CT molecular complexity index is 1590. The first-order valence-corrected chi connectivity index (χ1v) is 16.0. The van der Waals surface area contributed by atoms with Crippen molar-refractivity contribution in [3.8, 4) is 17.0 Å². The number of carbonyl (C=O) groups excluding carboxylic acids is 1. The third-order valence-corrected chi connectivity index (χ3v) is 9.72. The number of halogens is 2. The van der Waals surface area contributed by atoms with Gasteiger partial charge in [0.05, 0.1) is 34.2 Å². The molecule has 0 bridgehead atoms. The van der Waals surface area contributed by atoms with Crippen LogP contribution in [0.2, 0.25) is 0 Å². The molecule has 4 heterocycles. The number of piperidine rings is 1. The molecule has 1 N–H and O–H groups in total. The van der Waals surface area contributed by atoms with Crippen molar-refractivity contribution < 1.29 is 23.0 Å². The maximum Gasteiger partial charge on any atom is 0.255 e. The molecular weight excluding hydrogens is 558 g/mol. The monoisotopic (exact) mass is 594 g/mol. The number of thiazole rings is 1. The van der Waals surface area contributed by atoms with Crippen molar-refractivity contribution in [2.24, 2.45) is 5.92 Å². The molecule has 3 aliphatic rings. The Balaban J connectivity index is 1.11. The normalized spacial score (nSPS) is 20.1. The number of likely N-dealkylation sites (tertiary alicyclic amines) is 1. The van der Waals surface area contributed by atoms with Crippen LogP contribution in [0.15, 0.2) is 36.5 Å². The lowest BCUT2D eigenvalue weighted by molar-refractivity contribution is 0.0945. The van der Waals surface area contributed by atoms with E-state index < -0.39 is 6.17 Å². The maximum atomic E-state index is 15.2. The number of carbonyl (C=O) groups is 1. The number of nitrogens with one attached hydrogen (secondary N) is 1. The molecule has 1 saturated carbocycles. The second kappa shape index (κ2) is 11.9. The number of hydrogen-bond acceptors (Lipinski definition) is 6. The minimum Gasteiger partial charge on any atom is -0.491 e. The highest BCUT2D eigenvalue weighted by atomic mass is 32.1. The Morgan fingerprint density at radius 1 is 1.14 bits per heavy atom. The van der Waals surface area contributed by atoms with Crippen molar-refractivity contribution in [3.05, 3.63) is 53.5 Å². The molecule has 42 heavy (non-hydrogen) atoms. The molecular formula is C32H36F2N4O3S. The average molecular weight is 595 g/mol. The van der Waals surface area contributed by atoms with E-state index in [4.69, 9.17) is 14.5 Å². The van der Waals surface area contributed by atoms with Gasteiger partial charge < -0.3 is 19.7 Å². The first kappa shape index (κ1) is 27.7. The first-order chi connectivity index (χ1) is 20.5. The smallest absolute Gasteiger partial charge is 0.255 e. The van der Waals surface area contributed by atoms with E-state index in [0.29, 0.717) is 59.4 Å². The zero-order chi connectivity index (χ0) is 28.6. The van der Waals surface area contributed by atoms with Crippen molar-refractivity contribution in [2.75, 3.05) is 39.4 Å². The van der Waals surface area contributed by atoms with Gasteiger partial charge in [-0.3, -0.25) is 9.20 Å². The fourth-order valence-corrected chi connectivity index (χ4v) is 7.09. The van der Waals surface area contributed by atoms with Crippen LogP contribution in [0.1, 0.15) is 67.0 Å². The summed E-state index contributed by atoms with van der Waals surface area (Å²) in [5.41, 5.74) is 3.28. The van der Waals surface area contributed by atoms with Gasteiger partial charge in [-0.1, -0.05) is 17.4 Å². The van der Waals surface area contributed by atoms with Gasteiger partial charge in [0.25, 0.3) is 5.91 Å². The molecule has 0 radical (unpaired) electrons. The number of alkyl halides is 1. The van der Waals surface area contributed by atoms with Crippen LogP contribution in [0.25, 0.3) is 26.4 Å². The minimum atomic E-state index is -0.680. The van der Waals surface area contributed by atoms with E-state index in [-0.39, 0.29) is 17.8 Å². The fourth-order valence-electron chi connectivity index (χ4n) is 5.98. The number of rotatable bonds is 10. The van der Waals surface area contributed by atoms with Gasteiger partial charge in [-0.25, -0.2) is 13.8 Å². The van der Waals surface area contributed by atoms with Crippen molar-refractivity contribution in [1.29, 1.82) is 0 Å². The zero-order valence-corrected chi connectivity index (χ0v) is 24.4. The number of nitrogens with zero attached hydrogens (tertiary/aromatic N) is 3. The molecule has 1 atom stereocenters. The largest absolute Gasteiger partial charge is 0.491 e. The number of hydrogen-bond donors (Lipinski definition) is 1. The summed E-state index contributed by atoms with van der Waals surface area (Å²) >= 11 is 1.45. The molecule has 2 aromatic heterocycles. The van der Waals surface area contributed by atoms with Crippen molar-refractivity contribution in [3.63, 3.8) is 0 Å². The molecule has 222 valence electrons. The lowest BCUT2D eigenvalue weighted by atomic mass is 10.0. The predicted octanol–water partition coefficient (Wildman–Crippen LogP) is 6.55. The van der Waals surface area contributed by atoms with E-state index >= 15 is 4.39 Å². The van der Waals surface area contributed by atoms with Crippen LogP contribution >= 0.6 is 11.3 Å². The summed E-state index contributed by atoms with van der Waals surface area (Å²) < 4.78 is 43.4. The summed E-state index contributed by atoms with van der Waals surface area (Å²) in [7, 11) is 0. The fraction of sp³-hybridized carbons (Fsp3) is 0.500. The minimum absolute atomic E-state index is 0.0383. The van der Waals surface area contributed by atoms with Crippen molar-refractivity contribution in [1.82, 2.24) is 19.6 Å². The topological polar surface area (TPSA) is 68.1 Å². The molecule has 1 amide bonds. The Morgan fingerprint density at radius 3 is 2.76 bits per heavy atom. The van der Waals surface area contributed by atoms with Crippen LogP contribution in [0.3, 0.4) is 0 Å². The summed E-state index contributed by atoms with van der Waals surface area (Å²) in [5.74, 6) is 0.648. The quantitative estimate of drug-likeness (QED) is 0.211. The lowest BCUT2D eigenvalue weighted by Crippen LogP contribution is -2.36. The van der Waals surface area contributed by atoms with Gasteiger partial charge in [0.1, 0.15) is 12.0 Å². The van der Waals surface area contributed by atoms with Crippen LogP contribution < -0.4 is 10.1 Å². The second-order valence-corrected chi connectivity index (χ2v) is 12.8. The number of fused-ring (bicyclic) bond motifs is 3. The van der Waals surface area contributed by atoms with E-state index in [2.05, 4.69) is 10.2 Å². The van der Waals surface area contributed by atoms with Gasteiger partial charge in [0, 0.05) is 38.0 Å². The molecule has 2 saturated heterocycles. The van der Waals surface area contributed by atoms with Gasteiger partial charge in [-0.05, 0) is 87.2 Å². The molecule has 1 aliphatic carbocycles. The average Bonchev–Trinajstić information content (AvgIpc) is 3.34. The van der Waals surface area contributed by atoms with Crippen LogP contribution in [0.4, 0.5) is 8.78 Å². The highest BCUT2D eigenvalue weighted by Crippen LogP contribution is 2.40. The predicted molar refractivity (Wildman–Crippen MR) is 160 cm³/mol. The Labute approximate surface area is 247 Å². The highest BCUT2D eigenvalue weighted by Gasteiger charge is 2.26. The summed E-state index contributed by atoms with van der Waals surface area (Å²) in [4.78, 5) is 21.0.